The van der Waals surface area contributed by atoms with Crippen molar-refractivity contribution >= 4 is 5.91 Å². The molecule has 5 heteroatoms. The standard InChI is InChI=1S/C18H24N2O3/c1-20-10-14(18(21)19-12-6-8-22-9-7-12)15-11-23-16-5-3-2-4-13(16)17(15)20/h2-5,12,14-15,17H,6-11H2,1H3,(H,19,21)/t14-,15+,17+/m1/s1. The number of nitrogens with one attached hydrogen (secondary N) is 1. The molecule has 3 aliphatic heterocycles. The minimum atomic E-state index is 0.00111. The summed E-state index contributed by atoms with van der Waals surface area (Å²) in [6, 6.07) is 8.75. The summed E-state index contributed by atoms with van der Waals surface area (Å²) in [6.07, 6.45) is 1.84. The molecule has 0 aromatic heterocycles. The van der Waals surface area contributed by atoms with Crippen LogP contribution in [0.5, 0.6) is 5.75 Å². The summed E-state index contributed by atoms with van der Waals surface area (Å²) in [6.45, 7) is 2.91. The highest BCUT2D eigenvalue weighted by atomic mass is 16.5. The van der Waals surface area contributed by atoms with E-state index in [0.717, 1.165) is 38.3 Å². The van der Waals surface area contributed by atoms with E-state index in [-0.39, 0.29) is 29.8 Å². The van der Waals surface area contributed by atoms with Crippen LogP contribution in [0.2, 0.25) is 0 Å². The highest BCUT2D eigenvalue weighted by Gasteiger charge is 2.47. The monoisotopic (exact) mass is 316 g/mol. The highest BCUT2D eigenvalue weighted by molar-refractivity contribution is 5.80. The number of rotatable bonds is 2. The molecule has 1 amide bonds. The van der Waals surface area contributed by atoms with Crippen LogP contribution in [-0.4, -0.2) is 50.3 Å². The summed E-state index contributed by atoms with van der Waals surface area (Å²) in [5, 5.41) is 3.24. The molecule has 0 radical (unpaired) electrons. The van der Waals surface area contributed by atoms with Crippen molar-refractivity contribution in [2.45, 2.75) is 24.9 Å². The number of nitrogens with zero attached hydrogens (tertiary/aromatic N) is 1. The molecular weight excluding hydrogens is 292 g/mol. The summed E-state index contributed by atoms with van der Waals surface area (Å²) in [5.41, 5.74) is 1.22. The van der Waals surface area contributed by atoms with Crippen LogP contribution in [0.3, 0.4) is 0 Å². The molecule has 5 nitrogen and oxygen atoms in total. The van der Waals surface area contributed by atoms with Crippen molar-refractivity contribution in [3.05, 3.63) is 29.8 Å². The Labute approximate surface area is 136 Å². The molecule has 2 saturated heterocycles. The molecule has 4 rings (SSSR count). The van der Waals surface area contributed by atoms with Crippen molar-refractivity contribution in [1.82, 2.24) is 10.2 Å². The Bertz CT molecular complexity index is 585. The minimum absolute atomic E-state index is 0.00111. The van der Waals surface area contributed by atoms with Gasteiger partial charge in [0, 0.05) is 43.3 Å². The molecule has 1 aromatic carbocycles. The van der Waals surface area contributed by atoms with Crippen molar-refractivity contribution in [3.8, 4) is 5.75 Å². The Morgan fingerprint density at radius 2 is 2.04 bits per heavy atom. The predicted octanol–water partition coefficient (Wildman–Crippen LogP) is 1.59. The lowest BCUT2D eigenvalue weighted by Gasteiger charge is -2.33. The van der Waals surface area contributed by atoms with E-state index in [9.17, 15) is 4.79 Å². The molecule has 3 heterocycles. The number of hydrogen-bond acceptors (Lipinski definition) is 4. The summed E-state index contributed by atoms with van der Waals surface area (Å²) < 4.78 is 11.3. The number of carbonyl (C=O) groups is 1. The van der Waals surface area contributed by atoms with Gasteiger partial charge in [-0.2, -0.15) is 0 Å². The van der Waals surface area contributed by atoms with E-state index < -0.39 is 0 Å². The molecule has 3 aliphatic rings. The van der Waals surface area contributed by atoms with Crippen LogP contribution in [0.25, 0.3) is 0 Å². The fourth-order valence-corrected chi connectivity index (χ4v) is 4.25. The van der Waals surface area contributed by atoms with Crippen molar-refractivity contribution in [2.24, 2.45) is 11.8 Å². The number of benzene rings is 1. The Kier molecular flexibility index (Phi) is 3.99. The van der Waals surface area contributed by atoms with Gasteiger partial charge in [-0.05, 0) is 26.0 Å². The zero-order chi connectivity index (χ0) is 15.8. The third-order valence-electron chi connectivity index (χ3n) is 5.46. The third-order valence-corrected chi connectivity index (χ3v) is 5.46. The van der Waals surface area contributed by atoms with E-state index in [4.69, 9.17) is 9.47 Å². The Balaban J connectivity index is 1.50. The lowest BCUT2D eigenvalue weighted by molar-refractivity contribution is -0.127. The van der Waals surface area contributed by atoms with Gasteiger partial charge in [0.2, 0.25) is 5.91 Å². The number of hydrogen-bond donors (Lipinski definition) is 1. The van der Waals surface area contributed by atoms with E-state index in [1.807, 2.05) is 18.2 Å². The molecule has 2 fully saturated rings. The molecule has 3 atom stereocenters. The first-order valence-electron chi connectivity index (χ1n) is 8.54. The van der Waals surface area contributed by atoms with Crippen LogP contribution in [-0.2, 0) is 9.53 Å². The average Bonchev–Trinajstić information content (AvgIpc) is 2.93. The van der Waals surface area contributed by atoms with Gasteiger partial charge in [-0.15, -0.1) is 0 Å². The highest BCUT2D eigenvalue weighted by Crippen LogP contribution is 2.46. The number of fused-ring (bicyclic) bond motifs is 3. The molecule has 1 aromatic rings. The van der Waals surface area contributed by atoms with Gasteiger partial charge >= 0.3 is 0 Å². The molecule has 1 N–H and O–H groups in total. The fourth-order valence-electron chi connectivity index (χ4n) is 4.25. The summed E-state index contributed by atoms with van der Waals surface area (Å²) in [7, 11) is 2.11. The normalized spacial score (nSPS) is 31.1. The van der Waals surface area contributed by atoms with Crippen LogP contribution >= 0.6 is 0 Å². The Morgan fingerprint density at radius 3 is 2.87 bits per heavy atom. The maximum absolute atomic E-state index is 12.8. The van der Waals surface area contributed by atoms with Gasteiger partial charge in [-0.1, -0.05) is 18.2 Å². The average molecular weight is 316 g/mol. The van der Waals surface area contributed by atoms with Gasteiger partial charge in [0.05, 0.1) is 12.5 Å². The quantitative estimate of drug-likeness (QED) is 0.900. The van der Waals surface area contributed by atoms with Crippen LogP contribution in [0.15, 0.2) is 24.3 Å². The van der Waals surface area contributed by atoms with E-state index >= 15 is 0 Å². The number of likely N-dealkylation sites (tertiary alicyclic amines) is 1. The molecule has 0 spiro atoms. The summed E-state index contributed by atoms with van der Waals surface area (Å²) in [5.74, 6) is 1.38. The van der Waals surface area contributed by atoms with Crippen molar-refractivity contribution < 1.29 is 14.3 Å². The fraction of sp³-hybridized carbons (Fsp3) is 0.611. The van der Waals surface area contributed by atoms with Crippen LogP contribution in [0.4, 0.5) is 0 Å². The number of carbonyl (C=O) groups excluding carboxylic acids is 1. The molecule has 0 bridgehead atoms. The number of ether oxygens (including phenoxy) is 2. The maximum atomic E-state index is 12.8. The first-order valence-corrected chi connectivity index (χ1v) is 8.54. The summed E-state index contributed by atoms with van der Waals surface area (Å²) >= 11 is 0. The molecule has 0 saturated carbocycles. The van der Waals surface area contributed by atoms with Gasteiger partial charge in [0.15, 0.2) is 0 Å². The van der Waals surface area contributed by atoms with E-state index in [1.54, 1.807) is 0 Å². The van der Waals surface area contributed by atoms with E-state index in [1.165, 1.54) is 5.56 Å². The van der Waals surface area contributed by atoms with E-state index in [2.05, 4.69) is 23.3 Å². The van der Waals surface area contributed by atoms with Crippen LogP contribution in [0, 0.1) is 11.8 Å². The molecule has 124 valence electrons. The second-order valence-corrected chi connectivity index (χ2v) is 6.90. The maximum Gasteiger partial charge on any atom is 0.225 e. The second kappa shape index (κ2) is 6.13. The summed E-state index contributed by atoms with van der Waals surface area (Å²) in [4.78, 5) is 15.1. The van der Waals surface area contributed by atoms with Gasteiger partial charge in [-0.3, -0.25) is 9.69 Å². The van der Waals surface area contributed by atoms with Gasteiger partial charge in [0.25, 0.3) is 0 Å². The third kappa shape index (κ3) is 2.72. The lowest BCUT2D eigenvalue weighted by atomic mass is 9.84. The van der Waals surface area contributed by atoms with Crippen LogP contribution < -0.4 is 10.1 Å². The first-order chi connectivity index (χ1) is 11.2. The Morgan fingerprint density at radius 1 is 1.26 bits per heavy atom. The molecular formula is C18H24N2O3. The molecule has 23 heavy (non-hydrogen) atoms. The minimum Gasteiger partial charge on any atom is -0.493 e. The number of para-hydroxylation sites is 1. The van der Waals surface area contributed by atoms with Crippen molar-refractivity contribution in [3.63, 3.8) is 0 Å². The second-order valence-electron chi connectivity index (χ2n) is 6.90. The largest absolute Gasteiger partial charge is 0.493 e. The first kappa shape index (κ1) is 15.0. The van der Waals surface area contributed by atoms with Gasteiger partial charge in [0.1, 0.15) is 5.75 Å². The van der Waals surface area contributed by atoms with Gasteiger partial charge < -0.3 is 14.8 Å². The predicted molar refractivity (Wildman–Crippen MR) is 86.3 cm³/mol. The molecule has 0 unspecified atom stereocenters. The SMILES string of the molecule is CN1C[C@@H](C(=O)NC2CCOCC2)[C@@H]2COc3ccccc3[C@@H]21. The van der Waals surface area contributed by atoms with Crippen molar-refractivity contribution in [1.29, 1.82) is 0 Å². The zero-order valence-corrected chi connectivity index (χ0v) is 13.5. The van der Waals surface area contributed by atoms with Crippen molar-refractivity contribution in [2.75, 3.05) is 33.4 Å². The topological polar surface area (TPSA) is 50.8 Å². The van der Waals surface area contributed by atoms with E-state index in [0.29, 0.717) is 6.61 Å². The zero-order valence-electron chi connectivity index (χ0n) is 13.5. The van der Waals surface area contributed by atoms with Gasteiger partial charge in [-0.25, -0.2) is 0 Å². The molecule has 0 aliphatic carbocycles. The smallest absolute Gasteiger partial charge is 0.225 e. The number of amides is 1. The lowest BCUT2D eigenvalue weighted by Crippen LogP contribution is -2.44. The Hall–Kier alpha value is -1.59. The van der Waals surface area contributed by atoms with Crippen LogP contribution in [0.1, 0.15) is 24.4 Å².